The molecular formula is C13H29BN2O2. The van der Waals surface area contributed by atoms with E-state index in [2.05, 4.69) is 10.2 Å². The summed E-state index contributed by atoms with van der Waals surface area (Å²) in [6.45, 7) is 3.82. The van der Waals surface area contributed by atoms with E-state index in [1.54, 1.807) is 0 Å². The third-order valence-corrected chi connectivity index (χ3v) is 3.90. The first kappa shape index (κ1) is 16.0. The highest BCUT2D eigenvalue weighted by Gasteiger charge is 2.12. The maximum Gasteiger partial charge on any atom is 0.451 e. The van der Waals surface area contributed by atoms with Gasteiger partial charge in [0.15, 0.2) is 0 Å². The second-order valence-electron chi connectivity index (χ2n) is 5.44. The molecule has 18 heavy (non-hydrogen) atoms. The van der Waals surface area contributed by atoms with E-state index in [1.807, 2.05) is 7.05 Å². The smallest absolute Gasteiger partial charge is 0.427 e. The molecule has 0 radical (unpaired) electrons. The van der Waals surface area contributed by atoms with Crippen LogP contribution in [-0.2, 0) is 0 Å². The first-order valence-electron chi connectivity index (χ1n) is 7.48. The van der Waals surface area contributed by atoms with E-state index in [0.717, 1.165) is 19.3 Å². The second kappa shape index (κ2) is 9.79. The lowest BCUT2D eigenvalue weighted by molar-refractivity contribution is 0.317. The molecule has 0 aromatic rings. The van der Waals surface area contributed by atoms with Crippen molar-refractivity contribution in [1.82, 2.24) is 10.2 Å². The SMILES string of the molecule is CNC(CCCCB(O)O)CCCN1CCCC1. The van der Waals surface area contributed by atoms with Crippen LogP contribution in [0.2, 0.25) is 6.32 Å². The van der Waals surface area contributed by atoms with E-state index in [-0.39, 0.29) is 0 Å². The summed E-state index contributed by atoms with van der Waals surface area (Å²) in [5, 5.41) is 20.9. The number of hydrogen-bond donors (Lipinski definition) is 3. The van der Waals surface area contributed by atoms with Crippen molar-refractivity contribution < 1.29 is 10.0 Å². The Morgan fingerprint density at radius 2 is 1.78 bits per heavy atom. The molecule has 4 nitrogen and oxygen atoms in total. The normalized spacial score (nSPS) is 18.2. The van der Waals surface area contributed by atoms with Crippen LogP contribution in [-0.4, -0.2) is 54.8 Å². The molecule has 0 spiro atoms. The molecule has 1 rings (SSSR count). The molecule has 1 aliphatic heterocycles. The lowest BCUT2D eigenvalue weighted by atomic mass is 9.83. The molecule has 1 atom stereocenters. The van der Waals surface area contributed by atoms with E-state index in [9.17, 15) is 0 Å². The molecule has 1 unspecified atom stereocenters. The van der Waals surface area contributed by atoms with Gasteiger partial charge in [0.1, 0.15) is 0 Å². The van der Waals surface area contributed by atoms with E-state index < -0.39 is 7.12 Å². The summed E-state index contributed by atoms with van der Waals surface area (Å²) in [6, 6.07) is 0.587. The highest BCUT2D eigenvalue weighted by Crippen LogP contribution is 2.12. The van der Waals surface area contributed by atoms with Crippen molar-refractivity contribution in [3.8, 4) is 0 Å². The second-order valence-corrected chi connectivity index (χ2v) is 5.44. The van der Waals surface area contributed by atoms with Gasteiger partial charge in [-0.15, -0.1) is 0 Å². The van der Waals surface area contributed by atoms with Gasteiger partial charge in [-0.05, 0) is 65.1 Å². The largest absolute Gasteiger partial charge is 0.451 e. The topological polar surface area (TPSA) is 55.7 Å². The molecule has 1 aliphatic rings. The van der Waals surface area contributed by atoms with E-state index in [4.69, 9.17) is 10.0 Å². The Balaban J connectivity index is 1.98. The lowest BCUT2D eigenvalue weighted by Crippen LogP contribution is -2.27. The third kappa shape index (κ3) is 7.36. The maximum atomic E-state index is 8.77. The molecule has 0 aromatic carbocycles. The number of unbranched alkanes of at least 4 members (excludes halogenated alkanes) is 1. The van der Waals surface area contributed by atoms with Crippen LogP contribution >= 0.6 is 0 Å². The first-order chi connectivity index (χ1) is 8.72. The molecule has 0 bridgehead atoms. The highest BCUT2D eigenvalue weighted by atomic mass is 16.4. The Bertz CT molecular complexity index is 199. The number of nitrogens with one attached hydrogen (secondary N) is 1. The molecule has 0 aromatic heterocycles. The molecule has 1 heterocycles. The first-order valence-corrected chi connectivity index (χ1v) is 7.48. The molecule has 0 amide bonds. The molecule has 3 N–H and O–H groups in total. The van der Waals surface area contributed by atoms with Crippen molar-refractivity contribution in [1.29, 1.82) is 0 Å². The fraction of sp³-hybridized carbons (Fsp3) is 1.00. The quantitative estimate of drug-likeness (QED) is 0.404. The fourth-order valence-electron chi connectivity index (χ4n) is 2.72. The van der Waals surface area contributed by atoms with E-state index in [1.165, 1.54) is 45.3 Å². The Morgan fingerprint density at radius 1 is 1.11 bits per heavy atom. The molecule has 0 saturated carbocycles. The fourth-order valence-corrected chi connectivity index (χ4v) is 2.72. The van der Waals surface area contributed by atoms with E-state index >= 15 is 0 Å². The zero-order valence-electron chi connectivity index (χ0n) is 11.8. The van der Waals surface area contributed by atoms with Gasteiger partial charge >= 0.3 is 7.12 Å². The van der Waals surface area contributed by atoms with Crippen molar-refractivity contribution >= 4 is 7.12 Å². The van der Waals surface area contributed by atoms with Crippen LogP contribution in [0.5, 0.6) is 0 Å². The van der Waals surface area contributed by atoms with Crippen LogP contribution in [0.1, 0.15) is 44.9 Å². The van der Waals surface area contributed by atoms with Crippen molar-refractivity contribution in [2.45, 2.75) is 57.3 Å². The Hall–Kier alpha value is -0.0951. The van der Waals surface area contributed by atoms with Gasteiger partial charge in [-0.2, -0.15) is 0 Å². The standard InChI is InChI=1S/C13H29BN2O2/c1-15-13(7-2-3-9-14(17)18)8-6-12-16-10-4-5-11-16/h13,15,17-18H,2-12H2,1H3. The van der Waals surface area contributed by atoms with Gasteiger partial charge in [0, 0.05) is 6.04 Å². The monoisotopic (exact) mass is 256 g/mol. The van der Waals surface area contributed by atoms with Crippen LogP contribution in [0.25, 0.3) is 0 Å². The van der Waals surface area contributed by atoms with Crippen LogP contribution in [0, 0.1) is 0 Å². The van der Waals surface area contributed by atoms with Gasteiger partial charge < -0.3 is 20.3 Å². The Kier molecular flexibility index (Phi) is 8.68. The lowest BCUT2D eigenvalue weighted by Gasteiger charge is -2.19. The number of likely N-dealkylation sites (tertiary alicyclic amines) is 1. The van der Waals surface area contributed by atoms with Crippen molar-refractivity contribution in [3.63, 3.8) is 0 Å². The predicted molar refractivity (Wildman–Crippen MR) is 76.6 cm³/mol. The summed E-state index contributed by atoms with van der Waals surface area (Å²) in [4.78, 5) is 2.56. The molecule has 1 fully saturated rings. The average molecular weight is 256 g/mol. The molecule has 106 valence electrons. The van der Waals surface area contributed by atoms with E-state index in [0.29, 0.717) is 12.4 Å². The molecule has 0 aliphatic carbocycles. The summed E-state index contributed by atoms with van der Waals surface area (Å²) < 4.78 is 0. The zero-order valence-corrected chi connectivity index (χ0v) is 11.8. The predicted octanol–water partition coefficient (Wildman–Crippen LogP) is 1.09. The number of nitrogens with zero attached hydrogens (tertiary/aromatic N) is 1. The van der Waals surface area contributed by atoms with Gasteiger partial charge in [-0.25, -0.2) is 0 Å². The summed E-state index contributed by atoms with van der Waals surface area (Å²) in [5.41, 5.74) is 0. The summed E-state index contributed by atoms with van der Waals surface area (Å²) in [5.74, 6) is 0. The highest BCUT2D eigenvalue weighted by molar-refractivity contribution is 6.40. The summed E-state index contributed by atoms with van der Waals surface area (Å²) in [6.07, 6.45) is 8.88. The van der Waals surface area contributed by atoms with Crippen LogP contribution in [0.15, 0.2) is 0 Å². The minimum Gasteiger partial charge on any atom is -0.427 e. The van der Waals surface area contributed by atoms with Gasteiger partial charge in [0.25, 0.3) is 0 Å². The zero-order chi connectivity index (χ0) is 13.2. The Labute approximate surface area is 112 Å². The van der Waals surface area contributed by atoms with Gasteiger partial charge in [-0.1, -0.05) is 12.8 Å². The molecular weight excluding hydrogens is 227 g/mol. The van der Waals surface area contributed by atoms with Crippen molar-refractivity contribution in [3.05, 3.63) is 0 Å². The van der Waals surface area contributed by atoms with Crippen molar-refractivity contribution in [2.24, 2.45) is 0 Å². The van der Waals surface area contributed by atoms with Crippen LogP contribution < -0.4 is 5.32 Å². The number of hydrogen-bond acceptors (Lipinski definition) is 4. The Morgan fingerprint density at radius 3 is 2.39 bits per heavy atom. The molecule has 1 saturated heterocycles. The minimum atomic E-state index is -1.13. The summed E-state index contributed by atoms with van der Waals surface area (Å²) in [7, 11) is 0.898. The summed E-state index contributed by atoms with van der Waals surface area (Å²) >= 11 is 0. The minimum absolute atomic E-state index is 0.504. The van der Waals surface area contributed by atoms with Crippen molar-refractivity contribution in [2.75, 3.05) is 26.7 Å². The third-order valence-electron chi connectivity index (χ3n) is 3.90. The number of rotatable bonds is 10. The van der Waals surface area contributed by atoms with Crippen LogP contribution in [0.4, 0.5) is 0 Å². The van der Waals surface area contributed by atoms with Gasteiger partial charge in [0.2, 0.25) is 0 Å². The van der Waals surface area contributed by atoms with Crippen LogP contribution in [0.3, 0.4) is 0 Å². The molecule has 5 heteroatoms. The maximum absolute atomic E-state index is 8.77. The average Bonchev–Trinajstić information content (AvgIpc) is 2.85. The van der Waals surface area contributed by atoms with Gasteiger partial charge in [-0.3, -0.25) is 0 Å². The van der Waals surface area contributed by atoms with Gasteiger partial charge in [0.05, 0.1) is 0 Å².